The van der Waals surface area contributed by atoms with Crippen molar-refractivity contribution in [2.24, 2.45) is 22.7 Å². The standard InChI is InChI=1S/C26H28Cl2O6/c1-25(2,3)19(21(29)15-9-7-11-17(27)13-15)23(31)33-34-24(32)20(26(4,5)6)22(30)16-10-8-12-18(28)14-16/h7-14,19-20H,1-6H3. The predicted octanol–water partition coefficient (Wildman–Crippen LogP) is 6.39. The Hall–Kier alpha value is -2.70. The molecule has 2 atom stereocenters. The van der Waals surface area contributed by atoms with Crippen LogP contribution in [0.1, 0.15) is 62.3 Å². The Morgan fingerprint density at radius 3 is 1.24 bits per heavy atom. The summed E-state index contributed by atoms with van der Waals surface area (Å²) in [7, 11) is 0. The zero-order valence-electron chi connectivity index (χ0n) is 20.0. The first-order valence-electron chi connectivity index (χ1n) is 10.6. The van der Waals surface area contributed by atoms with Crippen LogP contribution in [-0.4, -0.2) is 23.5 Å². The van der Waals surface area contributed by atoms with Crippen molar-refractivity contribution in [1.82, 2.24) is 0 Å². The van der Waals surface area contributed by atoms with Crippen LogP contribution in [0.15, 0.2) is 48.5 Å². The van der Waals surface area contributed by atoms with Crippen LogP contribution in [0.5, 0.6) is 0 Å². The Labute approximate surface area is 209 Å². The fourth-order valence-electron chi connectivity index (χ4n) is 3.50. The van der Waals surface area contributed by atoms with Gasteiger partial charge in [-0.2, -0.15) is 0 Å². The van der Waals surface area contributed by atoms with E-state index in [-0.39, 0.29) is 11.1 Å². The zero-order valence-corrected chi connectivity index (χ0v) is 21.5. The molecule has 34 heavy (non-hydrogen) atoms. The molecule has 0 aromatic heterocycles. The maximum Gasteiger partial charge on any atom is 0.366 e. The normalized spacial score (nSPS) is 13.5. The van der Waals surface area contributed by atoms with E-state index >= 15 is 0 Å². The third kappa shape index (κ3) is 6.90. The molecule has 0 N–H and O–H groups in total. The van der Waals surface area contributed by atoms with Crippen molar-refractivity contribution in [3.05, 3.63) is 69.7 Å². The van der Waals surface area contributed by atoms with Crippen molar-refractivity contribution in [1.29, 1.82) is 0 Å². The highest BCUT2D eigenvalue weighted by Crippen LogP contribution is 2.33. The van der Waals surface area contributed by atoms with Crippen LogP contribution in [0.3, 0.4) is 0 Å². The minimum Gasteiger partial charge on any atom is -0.293 e. The molecular formula is C26H28Cl2O6. The molecule has 2 aromatic rings. The van der Waals surface area contributed by atoms with Crippen molar-refractivity contribution in [2.75, 3.05) is 0 Å². The molecule has 0 aliphatic carbocycles. The molecule has 0 heterocycles. The zero-order chi connectivity index (χ0) is 25.8. The second kappa shape index (κ2) is 10.7. The minimum atomic E-state index is -1.28. The first kappa shape index (κ1) is 27.5. The number of carbonyl (C=O) groups is 4. The van der Waals surface area contributed by atoms with Crippen molar-refractivity contribution >= 4 is 46.7 Å². The topological polar surface area (TPSA) is 86.7 Å². The number of carbonyl (C=O) groups excluding carboxylic acids is 4. The van der Waals surface area contributed by atoms with Crippen molar-refractivity contribution < 1.29 is 29.0 Å². The summed E-state index contributed by atoms with van der Waals surface area (Å²) in [5, 5.41) is 0.678. The van der Waals surface area contributed by atoms with Crippen LogP contribution < -0.4 is 0 Å². The summed E-state index contributed by atoms with van der Waals surface area (Å²) in [6.45, 7) is 10.1. The van der Waals surface area contributed by atoms with Crippen LogP contribution in [0.4, 0.5) is 0 Å². The summed E-state index contributed by atoms with van der Waals surface area (Å²) in [5.74, 6) is -5.72. The van der Waals surface area contributed by atoms with E-state index in [1.54, 1.807) is 65.8 Å². The molecule has 2 aromatic carbocycles. The first-order chi connectivity index (χ1) is 15.6. The lowest BCUT2D eigenvalue weighted by Crippen LogP contribution is -2.40. The van der Waals surface area contributed by atoms with Crippen molar-refractivity contribution in [3.63, 3.8) is 0 Å². The fraction of sp³-hybridized carbons (Fsp3) is 0.385. The number of rotatable bonds is 6. The van der Waals surface area contributed by atoms with E-state index in [2.05, 4.69) is 0 Å². The highest BCUT2D eigenvalue weighted by molar-refractivity contribution is 6.31. The molecule has 6 nitrogen and oxygen atoms in total. The molecule has 0 saturated heterocycles. The summed E-state index contributed by atoms with van der Waals surface area (Å²) >= 11 is 12.0. The summed E-state index contributed by atoms with van der Waals surface area (Å²) in [4.78, 5) is 61.6. The number of benzene rings is 2. The van der Waals surface area contributed by atoms with Crippen molar-refractivity contribution in [3.8, 4) is 0 Å². The van der Waals surface area contributed by atoms with Gasteiger partial charge in [0, 0.05) is 21.2 Å². The molecule has 0 aliphatic rings. The number of ketones is 2. The Balaban J connectivity index is 2.25. The molecule has 0 bridgehead atoms. The first-order valence-corrected chi connectivity index (χ1v) is 11.4. The van der Waals surface area contributed by atoms with Crippen LogP contribution in [0.25, 0.3) is 0 Å². The van der Waals surface area contributed by atoms with E-state index in [0.29, 0.717) is 10.0 Å². The van der Waals surface area contributed by atoms with E-state index in [1.165, 1.54) is 24.3 Å². The molecule has 0 amide bonds. The van der Waals surface area contributed by atoms with Gasteiger partial charge in [-0.3, -0.25) is 9.59 Å². The van der Waals surface area contributed by atoms with E-state index in [4.69, 9.17) is 33.0 Å². The predicted molar refractivity (Wildman–Crippen MR) is 130 cm³/mol. The van der Waals surface area contributed by atoms with Crippen LogP contribution in [-0.2, 0) is 19.4 Å². The highest BCUT2D eigenvalue weighted by Gasteiger charge is 2.43. The van der Waals surface area contributed by atoms with Gasteiger partial charge in [-0.15, -0.1) is 0 Å². The molecule has 182 valence electrons. The Morgan fingerprint density at radius 2 is 0.971 bits per heavy atom. The number of halogens is 2. The monoisotopic (exact) mass is 506 g/mol. The summed E-state index contributed by atoms with van der Waals surface area (Å²) in [6.07, 6.45) is 0. The van der Waals surface area contributed by atoms with Crippen LogP contribution in [0.2, 0.25) is 10.0 Å². The van der Waals surface area contributed by atoms with Gasteiger partial charge in [-0.05, 0) is 35.1 Å². The molecular weight excluding hydrogens is 479 g/mol. The van der Waals surface area contributed by atoms with Gasteiger partial charge in [0.1, 0.15) is 11.8 Å². The smallest absolute Gasteiger partial charge is 0.293 e. The third-order valence-corrected chi connectivity index (χ3v) is 5.62. The van der Waals surface area contributed by atoms with Crippen LogP contribution >= 0.6 is 23.2 Å². The molecule has 0 saturated carbocycles. The lowest BCUT2D eigenvalue weighted by molar-refractivity contribution is -0.266. The second-order valence-electron chi connectivity index (χ2n) is 10.2. The number of hydrogen-bond acceptors (Lipinski definition) is 6. The molecule has 0 aliphatic heterocycles. The van der Waals surface area contributed by atoms with Crippen LogP contribution in [0, 0.1) is 22.7 Å². The second-order valence-corrected chi connectivity index (χ2v) is 11.0. The maximum atomic E-state index is 13.1. The van der Waals surface area contributed by atoms with E-state index in [9.17, 15) is 19.2 Å². The summed E-state index contributed by atoms with van der Waals surface area (Å²) in [5.41, 5.74) is -1.27. The summed E-state index contributed by atoms with van der Waals surface area (Å²) < 4.78 is 0. The molecule has 2 rings (SSSR count). The van der Waals surface area contributed by atoms with E-state index in [0.717, 1.165) is 0 Å². The average Bonchev–Trinajstić information content (AvgIpc) is 2.70. The highest BCUT2D eigenvalue weighted by atomic mass is 35.5. The Morgan fingerprint density at radius 1 is 0.647 bits per heavy atom. The van der Waals surface area contributed by atoms with E-state index < -0.39 is 46.2 Å². The van der Waals surface area contributed by atoms with Gasteiger partial charge in [-0.1, -0.05) is 89.0 Å². The van der Waals surface area contributed by atoms with Gasteiger partial charge in [0.25, 0.3) is 0 Å². The molecule has 0 fully saturated rings. The SMILES string of the molecule is CC(C)(C)C(C(=O)OOC(=O)C(C(=O)c1cccc(Cl)c1)C(C)(C)C)C(=O)c1cccc(Cl)c1. The van der Waals surface area contributed by atoms with Crippen molar-refractivity contribution in [2.45, 2.75) is 41.5 Å². The Bertz CT molecular complexity index is 1010. The number of Topliss-reactive ketones (excluding diaryl/α,β-unsaturated/α-hetero) is 2. The molecule has 0 radical (unpaired) electrons. The quantitative estimate of drug-likeness (QED) is 0.195. The van der Waals surface area contributed by atoms with Gasteiger partial charge in [0.05, 0.1) is 0 Å². The lowest BCUT2D eigenvalue weighted by Gasteiger charge is -2.28. The largest absolute Gasteiger partial charge is 0.366 e. The molecule has 2 unspecified atom stereocenters. The van der Waals surface area contributed by atoms with E-state index in [1.807, 2.05) is 0 Å². The lowest BCUT2D eigenvalue weighted by atomic mass is 9.76. The van der Waals surface area contributed by atoms with Gasteiger partial charge >= 0.3 is 11.9 Å². The molecule has 0 spiro atoms. The minimum absolute atomic E-state index is 0.222. The fourth-order valence-corrected chi connectivity index (χ4v) is 3.88. The summed E-state index contributed by atoms with van der Waals surface area (Å²) in [6, 6.07) is 12.4. The average molecular weight is 507 g/mol. The Kier molecular flexibility index (Phi) is 8.67. The number of hydrogen-bond donors (Lipinski definition) is 0. The maximum absolute atomic E-state index is 13.1. The van der Waals surface area contributed by atoms with Gasteiger partial charge < -0.3 is 0 Å². The molecule has 8 heteroatoms. The third-order valence-electron chi connectivity index (χ3n) is 5.15. The van der Waals surface area contributed by atoms with Gasteiger partial charge in [0.15, 0.2) is 11.6 Å². The van der Waals surface area contributed by atoms with Gasteiger partial charge in [0.2, 0.25) is 0 Å². The van der Waals surface area contributed by atoms with Gasteiger partial charge in [-0.25, -0.2) is 19.4 Å².